The van der Waals surface area contributed by atoms with Gasteiger partial charge in [0.15, 0.2) is 0 Å². The molecule has 0 bridgehead atoms. The number of likely N-dealkylation sites (N-methyl/N-ethyl adjacent to an activating group) is 1. The Bertz CT molecular complexity index is 842. The van der Waals surface area contributed by atoms with Gasteiger partial charge in [0, 0.05) is 69.9 Å². The zero-order valence-corrected chi connectivity index (χ0v) is 19.3. The number of carbonyl (C=O) groups excluding carboxylic acids is 2. The summed E-state index contributed by atoms with van der Waals surface area (Å²) < 4.78 is 5.30. The van der Waals surface area contributed by atoms with Crippen LogP contribution in [0.2, 0.25) is 5.02 Å². The molecule has 170 valence electrons. The van der Waals surface area contributed by atoms with Crippen LogP contribution in [0.5, 0.6) is 0 Å². The number of carbonyl (C=O) groups is 2. The number of hydrogen-bond donors (Lipinski definition) is 1. The summed E-state index contributed by atoms with van der Waals surface area (Å²) in [6, 6.07) is 5.27. The number of aryl methyl sites for hydroxylation is 1. The van der Waals surface area contributed by atoms with E-state index in [1.807, 2.05) is 28.9 Å². The summed E-state index contributed by atoms with van der Waals surface area (Å²) in [5.41, 5.74) is 1.34. The lowest BCUT2D eigenvalue weighted by Crippen LogP contribution is -2.64. The Morgan fingerprint density at radius 1 is 1.26 bits per heavy atom. The topological polar surface area (TPSA) is 68.4 Å². The number of methoxy groups -OCH3 is 1. The van der Waals surface area contributed by atoms with Crippen molar-refractivity contribution in [2.75, 3.05) is 65.3 Å². The number of nitrogens with zero attached hydrogens (tertiary/aromatic N) is 4. The maximum Gasteiger partial charge on any atom is 0.321 e. The number of hydrogen-bond acceptors (Lipinski definition) is 5. The second-order valence-corrected chi connectivity index (χ2v) is 9.22. The van der Waals surface area contributed by atoms with Crippen molar-refractivity contribution in [1.29, 1.82) is 0 Å². The first kappa shape index (κ1) is 22.3. The van der Waals surface area contributed by atoms with E-state index in [-0.39, 0.29) is 23.6 Å². The van der Waals surface area contributed by atoms with Crippen molar-refractivity contribution in [2.45, 2.75) is 31.5 Å². The standard InChI is InChI=1S/C22H32ClN5O3/c1-16-14-17(4-5-18(16)23)24-21(30)26-8-6-22(7-9-26)27-11-10-25(2)15-19(27)20(29)28(22)12-13-31-3/h4-5,14,19H,6-13,15H2,1-3H3,(H,24,30)/t19-/m1/s1. The first-order valence-corrected chi connectivity index (χ1v) is 11.3. The number of benzene rings is 1. The highest BCUT2D eigenvalue weighted by Gasteiger charge is 2.58. The molecule has 3 amide bonds. The molecule has 1 atom stereocenters. The third-order valence-electron chi connectivity index (χ3n) is 6.95. The third kappa shape index (κ3) is 4.14. The zero-order chi connectivity index (χ0) is 22.2. The van der Waals surface area contributed by atoms with Gasteiger partial charge in [-0.2, -0.15) is 0 Å². The molecule has 31 heavy (non-hydrogen) atoms. The average Bonchev–Trinajstić information content (AvgIpc) is 2.97. The van der Waals surface area contributed by atoms with E-state index in [2.05, 4.69) is 22.2 Å². The number of amides is 3. The van der Waals surface area contributed by atoms with E-state index in [0.29, 0.717) is 31.3 Å². The van der Waals surface area contributed by atoms with Gasteiger partial charge < -0.3 is 24.8 Å². The number of ether oxygens (including phenoxy) is 1. The summed E-state index contributed by atoms with van der Waals surface area (Å²) in [4.78, 5) is 34.6. The Kier molecular flexibility index (Phi) is 6.44. The normalized spacial score (nSPS) is 24.0. The minimum atomic E-state index is -0.324. The fraction of sp³-hybridized carbons (Fsp3) is 0.636. The number of piperazine rings is 1. The van der Waals surface area contributed by atoms with Gasteiger partial charge in [0.05, 0.1) is 6.61 Å². The number of fused-ring (bicyclic) bond motifs is 2. The summed E-state index contributed by atoms with van der Waals surface area (Å²) in [7, 11) is 3.74. The number of likely N-dealkylation sites (tertiary alicyclic amines) is 1. The fourth-order valence-electron chi connectivity index (χ4n) is 5.22. The van der Waals surface area contributed by atoms with Crippen molar-refractivity contribution in [3.63, 3.8) is 0 Å². The molecule has 0 aromatic heterocycles. The van der Waals surface area contributed by atoms with E-state index in [4.69, 9.17) is 16.3 Å². The molecule has 1 aromatic carbocycles. The van der Waals surface area contributed by atoms with Gasteiger partial charge in [-0.15, -0.1) is 0 Å². The van der Waals surface area contributed by atoms with Crippen molar-refractivity contribution < 1.29 is 14.3 Å². The van der Waals surface area contributed by atoms with Crippen molar-refractivity contribution in [2.24, 2.45) is 0 Å². The van der Waals surface area contributed by atoms with Crippen LogP contribution in [-0.2, 0) is 9.53 Å². The minimum Gasteiger partial charge on any atom is -0.383 e. The maximum absolute atomic E-state index is 13.3. The van der Waals surface area contributed by atoms with Gasteiger partial charge in [0.25, 0.3) is 0 Å². The van der Waals surface area contributed by atoms with Crippen LogP contribution in [0.1, 0.15) is 18.4 Å². The van der Waals surface area contributed by atoms with Crippen molar-refractivity contribution >= 4 is 29.2 Å². The van der Waals surface area contributed by atoms with E-state index >= 15 is 0 Å². The Morgan fingerprint density at radius 2 is 2.00 bits per heavy atom. The second kappa shape index (κ2) is 8.94. The molecule has 4 rings (SSSR count). The predicted octanol–water partition coefficient (Wildman–Crippen LogP) is 2.08. The third-order valence-corrected chi connectivity index (χ3v) is 7.38. The summed E-state index contributed by atoms with van der Waals surface area (Å²) in [6.07, 6.45) is 1.49. The molecule has 0 unspecified atom stereocenters. The SMILES string of the molecule is COCCN1C(=O)[C@H]2CN(C)CCN2C12CCN(C(=O)Nc1ccc(Cl)c(C)c1)CC2. The van der Waals surface area contributed by atoms with Crippen molar-refractivity contribution in [1.82, 2.24) is 19.6 Å². The molecule has 9 heteroatoms. The van der Waals surface area contributed by atoms with Gasteiger partial charge in [-0.05, 0) is 37.7 Å². The molecule has 3 aliphatic heterocycles. The smallest absolute Gasteiger partial charge is 0.321 e. The lowest BCUT2D eigenvalue weighted by molar-refractivity contribution is -0.134. The number of halogens is 1. The molecule has 0 radical (unpaired) electrons. The molecule has 0 aliphatic carbocycles. The molecule has 1 spiro atoms. The fourth-order valence-corrected chi connectivity index (χ4v) is 5.34. The number of anilines is 1. The molecular formula is C22H32ClN5O3. The van der Waals surface area contributed by atoms with Gasteiger partial charge in [-0.25, -0.2) is 4.79 Å². The van der Waals surface area contributed by atoms with Gasteiger partial charge in [0.2, 0.25) is 5.91 Å². The maximum atomic E-state index is 13.3. The van der Waals surface area contributed by atoms with E-state index in [1.165, 1.54) is 0 Å². The van der Waals surface area contributed by atoms with Crippen LogP contribution < -0.4 is 5.32 Å². The Hall–Kier alpha value is -1.87. The van der Waals surface area contributed by atoms with Crippen molar-refractivity contribution in [3.8, 4) is 0 Å². The minimum absolute atomic E-state index is 0.104. The molecule has 0 saturated carbocycles. The van der Waals surface area contributed by atoms with Crippen molar-refractivity contribution in [3.05, 3.63) is 28.8 Å². The summed E-state index contributed by atoms with van der Waals surface area (Å²) >= 11 is 6.09. The lowest BCUT2D eigenvalue weighted by atomic mass is 9.93. The van der Waals surface area contributed by atoms with E-state index in [9.17, 15) is 9.59 Å². The van der Waals surface area contributed by atoms with Crippen LogP contribution in [0.25, 0.3) is 0 Å². The molecule has 3 aliphatic rings. The second-order valence-electron chi connectivity index (χ2n) is 8.82. The Balaban J connectivity index is 1.47. The molecular weight excluding hydrogens is 418 g/mol. The molecule has 3 heterocycles. The molecule has 8 nitrogen and oxygen atoms in total. The predicted molar refractivity (Wildman–Crippen MR) is 120 cm³/mol. The summed E-state index contributed by atoms with van der Waals surface area (Å²) in [6.45, 7) is 6.80. The van der Waals surface area contributed by atoms with E-state index in [0.717, 1.165) is 43.7 Å². The Labute approximate surface area is 189 Å². The molecule has 3 fully saturated rings. The van der Waals surface area contributed by atoms with Crippen LogP contribution in [0, 0.1) is 6.92 Å². The zero-order valence-electron chi connectivity index (χ0n) is 18.6. The van der Waals surface area contributed by atoms with Gasteiger partial charge in [0.1, 0.15) is 11.7 Å². The highest BCUT2D eigenvalue weighted by molar-refractivity contribution is 6.31. The quantitative estimate of drug-likeness (QED) is 0.762. The van der Waals surface area contributed by atoms with Crippen LogP contribution in [0.3, 0.4) is 0 Å². The van der Waals surface area contributed by atoms with Gasteiger partial charge in [-0.1, -0.05) is 11.6 Å². The van der Waals surface area contributed by atoms with Gasteiger partial charge >= 0.3 is 6.03 Å². The monoisotopic (exact) mass is 449 g/mol. The first-order chi connectivity index (χ1) is 14.9. The first-order valence-electron chi connectivity index (χ1n) is 10.9. The summed E-state index contributed by atoms with van der Waals surface area (Å²) in [5, 5.41) is 3.66. The Morgan fingerprint density at radius 3 is 2.68 bits per heavy atom. The molecule has 1 N–H and O–H groups in total. The molecule has 1 aromatic rings. The van der Waals surface area contributed by atoms with Gasteiger partial charge in [-0.3, -0.25) is 9.69 Å². The van der Waals surface area contributed by atoms with Crippen LogP contribution in [0.4, 0.5) is 10.5 Å². The number of urea groups is 1. The van der Waals surface area contributed by atoms with E-state index < -0.39 is 0 Å². The number of nitrogens with one attached hydrogen (secondary N) is 1. The summed E-state index contributed by atoms with van der Waals surface area (Å²) in [5.74, 6) is 0.193. The van der Waals surface area contributed by atoms with Crippen LogP contribution in [-0.4, -0.2) is 103 Å². The highest BCUT2D eigenvalue weighted by atomic mass is 35.5. The average molecular weight is 450 g/mol. The van der Waals surface area contributed by atoms with Crippen LogP contribution >= 0.6 is 11.6 Å². The van der Waals surface area contributed by atoms with E-state index in [1.54, 1.807) is 13.2 Å². The number of piperidine rings is 1. The van der Waals surface area contributed by atoms with Crippen LogP contribution in [0.15, 0.2) is 18.2 Å². The number of rotatable bonds is 4. The lowest BCUT2D eigenvalue weighted by Gasteiger charge is -2.50. The highest BCUT2D eigenvalue weighted by Crippen LogP contribution is 2.41. The largest absolute Gasteiger partial charge is 0.383 e. The molecule has 3 saturated heterocycles.